The predicted molar refractivity (Wildman–Crippen MR) is 80.4 cm³/mol. The van der Waals surface area contributed by atoms with Gasteiger partial charge in [0, 0.05) is 32.0 Å². The van der Waals surface area contributed by atoms with E-state index in [1.807, 2.05) is 15.6 Å². The molecule has 0 radical (unpaired) electrons. The van der Waals surface area contributed by atoms with E-state index < -0.39 is 0 Å². The highest BCUT2D eigenvalue weighted by Gasteiger charge is 2.25. The van der Waals surface area contributed by atoms with Crippen LogP contribution in [0.2, 0.25) is 0 Å². The molecule has 1 saturated heterocycles. The van der Waals surface area contributed by atoms with Gasteiger partial charge in [-0.1, -0.05) is 0 Å². The Labute approximate surface area is 128 Å². The van der Waals surface area contributed by atoms with E-state index in [0.717, 1.165) is 50.5 Å². The average molecular weight is 298 g/mol. The molecule has 2 aliphatic rings. The van der Waals surface area contributed by atoms with E-state index in [4.69, 9.17) is 0 Å². The lowest BCUT2D eigenvalue weighted by molar-refractivity contribution is 0.0786. The molecule has 22 heavy (non-hydrogen) atoms. The summed E-state index contributed by atoms with van der Waals surface area (Å²) in [4.78, 5) is 24.9. The lowest BCUT2D eigenvalue weighted by atomic mass is 10.2. The Kier molecular flexibility index (Phi) is 3.25. The fraction of sp³-hybridized carbons (Fsp3) is 0.467. The SMILES string of the molecule is O=C(c1cc2n(n1)CCN(c1cnccn1)C2)N1CCCC1. The van der Waals surface area contributed by atoms with Gasteiger partial charge in [-0.15, -0.1) is 0 Å². The molecule has 0 saturated carbocycles. The Hall–Kier alpha value is -2.44. The van der Waals surface area contributed by atoms with Crippen LogP contribution in [-0.4, -0.2) is 50.2 Å². The molecule has 7 heteroatoms. The van der Waals surface area contributed by atoms with Crippen LogP contribution in [0.1, 0.15) is 29.0 Å². The quantitative estimate of drug-likeness (QED) is 0.825. The van der Waals surface area contributed by atoms with Gasteiger partial charge in [0.2, 0.25) is 0 Å². The first kappa shape index (κ1) is 13.2. The number of likely N-dealkylation sites (tertiary alicyclic amines) is 1. The molecule has 0 aliphatic carbocycles. The average Bonchev–Trinajstić information content (AvgIpc) is 3.23. The molecule has 2 aromatic heterocycles. The Morgan fingerprint density at radius 3 is 2.73 bits per heavy atom. The van der Waals surface area contributed by atoms with Gasteiger partial charge in [-0.25, -0.2) is 4.98 Å². The predicted octanol–water partition coefficient (Wildman–Crippen LogP) is 0.929. The van der Waals surface area contributed by atoms with Crippen LogP contribution >= 0.6 is 0 Å². The first-order valence-corrected chi connectivity index (χ1v) is 7.68. The van der Waals surface area contributed by atoms with Crippen LogP contribution in [0.5, 0.6) is 0 Å². The molecular weight excluding hydrogens is 280 g/mol. The van der Waals surface area contributed by atoms with Gasteiger partial charge in [-0.3, -0.25) is 14.5 Å². The molecule has 4 rings (SSSR count). The van der Waals surface area contributed by atoms with E-state index in [2.05, 4.69) is 20.0 Å². The third kappa shape index (κ3) is 2.32. The lowest BCUT2D eigenvalue weighted by Crippen LogP contribution is -2.34. The molecule has 7 nitrogen and oxygen atoms in total. The molecule has 0 spiro atoms. The van der Waals surface area contributed by atoms with Crippen molar-refractivity contribution >= 4 is 11.7 Å². The third-order valence-corrected chi connectivity index (χ3v) is 4.28. The minimum absolute atomic E-state index is 0.0606. The molecule has 1 fully saturated rings. The number of amides is 1. The van der Waals surface area contributed by atoms with Crippen molar-refractivity contribution in [2.75, 3.05) is 24.5 Å². The first-order chi connectivity index (χ1) is 10.8. The molecule has 0 aromatic carbocycles. The number of anilines is 1. The van der Waals surface area contributed by atoms with Gasteiger partial charge in [0.15, 0.2) is 5.69 Å². The molecule has 0 unspecified atom stereocenters. The van der Waals surface area contributed by atoms with Crippen molar-refractivity contribution in [2.24, 2.45) is 0 Å². The topological polar surface area (TPSA) is 67.2 Å². The number of hydrogen-bond donors (Lipinski definition) is 0. The van der Waals surface area contributed by atoms with Gasteiger partial charge in [-0.2, -0.15) is 5.10 Å². The van der Waals surface area contributed by atoms with Crippen molar-refractivity contribution in [3.05, 3.63) is 36.0 Å². The molecule has 4 heterocycles. The standard InChI is InChI=1S/C15H18N6O/c22-15(19-5-1-2-6-19)13-9-12-11-20(7-8-21(12)18-13)14-10-16-3-4-17-14/h3-4,9-10H,1-2,5-8,11H2. The van der Waals surface area contributed by atoms with Crippen molar-refractivity contribution in [2.45, 2.75) is 25.9 Å². The van der Waals surface area contributed by atoms with Gasteiger partial charge in [-0.05, 0) is 18.9 Å². The van der Waals surface area contributed by atoms with Gasteiger partial charge in [0.05, 0.1) is 25.0 Å². The molecule has 114 valence electrons. The smallest absolute Gasteiger partial charge is 0.274 e. The highest BCUT2D eigenvalue weighted by atomic mass is 16.2. The summed E-state index contributed by atoms with van der Waals surface area (Å²) in [6, 6.07) is 1.92. The Bertz CT molecular complexity index is 677. The van der Waals surface area contributed by atoms with Gasteiger partial charge >= 0.3 is 0 Å². The highest BCUT2D eigenvalue weighted by molar-refractivity contribution is 5.92. The van der Waals surface area contributed by atoms with E-state index in [9.17, 15) is 4.79 Å². The molecule has 1 amide bonds. The second-order valence-corrected chi connectivity index (χ2v) is 5.73. The molecule has 0 bridgehead atoms. The monoisotopic (exact) mass is 298 g/mol. The number of nitrogens with zero attached hydrogens (tertiary/aromatic N) is 6. The minimum atomic E-state index is 0.0606. The lowest BCUT2D eigenvalue weighted by Gasteiger charge is -2.28. The molecule has 0 N–H and O–H groups in total. The normalized spacial score (nSPS) is 17.6. The summed E-state index contributed by atoms with van der Waals surface area (Å²) < 4.78 is 1.94. The summed E-state index contributed by atoms with van der Waals surface area (Å²) in [7, 11) is 0. The van der Waals surface area contributed by atoms with E-state index >= 15 is 0 Å². The van der Waals surface area contributed by atoms with Crippen LogP contribution < -0.4 is 4.90 Å². The third-order valence-electron chi connectivity index (χ3n) is 4.28. The molecular formula is C15H18N6O. The number of hydrogen-bond acceptors (Lipinski definition) is 5. The van der Waals surface area contributed by atoms with E-state index in [1.165, 1.54) is 0 Å². The van der Waals surface area contributed by atoms with Crippen LogP contribution in [-0.2, 0) is 13.1 Å². The first-order valence-electron chi connectivity index (χ1n) is 7.68. The number of rotatable bonds is 2. The van der Waals surface area contributed by atoms with Gasteiger partial charge in [0.1, 0.15) is 5.82 Å². The van der Waals surface area contributed by atoms with Crippen molar-refractivity contribution in [3.63, 3.8) is 0 Å². The van der Waals surface area contributed by atoms with Crippen LogP contribution in [0.4, 0.5) is 5.82 Å². The van der Waals surface area contributed by atoms with Crippen molar-refractivity contribution in [3.8, 4) is 0 Å². The van der Waals surface area contributed by atoms with Gasteiger partial charge < -0.3 is 9.80 Å². The zero-order chi connectivity index (χ0) is 14.9. The van der Waals surface area contributed by atoms with E-state index in [-0.39, 0.29) is 5.91 Å². The number of carbonyl (C=O) groups excluding carboxylic acids is 1. The Balaban J connectivity index is 1.54. The van der Waals surface area contributed by atoms with Crippen LogP contribution in [0.25, 0.3) is 0 Å². The number of aromatic nitrogens is 4. The van der Waals surface area contributed by atoms with Crippen LogP contribution in [0, 0.1) is 0 Å². The summed E-state index contributed by atoms with van der Waals surface area (Å²) in [6.45, 7) is 4.00. The van der Waals surface area contributed by atoms with Crippen LogP contribution in [0.3, 0.4) is 0 Å². The fourth-order valence-corrected chi connectivity index (χ4v) is 3.10. The van der Waals surface area contributed by atoms with Crippen molar-refractivity contribution in [1.29, 1.82) is 0 Å². The maximum absolute atomic E-state index is 12.4. The summed E-state index contributed by atoms with van der Waals surface area (Å²) in [5.74, 6) is 0.924. The van der Waals surface area contributed by atoms with Crippen molar-refractivity contribution in [1.82, 2.24) is 24.6 Å². The summed E-state index contributed by atoms with van der Waals surface area (Å²) in [6.07, 6.45) is 7.33. The molecule has 2 aromatic rings. The maximum Gasteiger partial charge on any atom is 0.274 e. The molecule has 0 atom stereocenters. The second kappa shape index (κ2) is 5.40. The fourth-order valence-electron chi connectivity index (χ4n) is 3.10. The molecule has 2 aliphatic heterocycles. The van der Waals surface area contributed by atoms with Crippen LogP contribution in [0.15, 0.2) is 24.7 Å². The Morgan fingerprint density at radius 1 is 1.09 bits per heavy atom. The zero-order valence-corrected chi connectivity index (χ0v) is 12.4. The minimum Gasteiger partial charge on any atom is -0.348 e. The van der Waals surface area contributed by atoms with Gasteiger partial charge in [0.25, 0.3) is 5.91 Å². The van der Waals surface area contributed by atoms with E-state index in [0.29, 0.717) is 12.2 Å². The highest BCUT2D eigenvalue weighted by Crippen LogP contribution is 2.20. The summed E-state index contributed by atoms with van der Waals surface area (Å²) in [5, 5.41) is 4.49. The summed E-state index contributed by atoms with van der Waals surface area (Å²) in [5.41, 5.74) is 1.62. The second-order valence-electron chi connectivity index (χ2n) is 5.73. The Morgan fingerprint density at radius 2 is 1.95 bits per heavy atom. The summed E-state index contributed by atoms with van der Waals surface area (Å²) >= 11 is 0. The van der Waals surface area contributed by atoms with Crippen molar-refractivity contribution < 1.29 is 4.79 Å². The number of carbonyl (C=O) groups is 1. The number of fused-ring (bicyclic) bond motifs is 1. The van der Waals surface area contributed by atoms with E-state index in [1.54, 1.807) is 18.6 Å². The zero-order valence-electron chi connectivity index (χ0n) is 12.4. The maximum atomic E-state index is 12.4. The largest absolute Gasteiger partial charge is 0.348 e.